The van der Waals surface area contributed by atoms with Gasteiger partial charge in [0, 0.05) is 38.6 Å². The number of carboxylic acid groups (broad SMARTS) is 1. The molecule has 1 unspecified atom stereocenters. The SMILES string of the molecule is COCCC(C)(O)CNc1cc(C)ncc1C(=O)O. The van der Waals surface area contributed by atoms with E-state index in [0.717, 1.165) is 0 Å². The zero-order valence-electron chi connectivity index (χ0n) is 11.4. The Bertz CT molecular complexity index is 446. The van der Waals surface area contributed by atoms with E-state index in [1.54, 1.807) is 27.0 Å². The van der Waals surface area contributed by atoms with Crippen LogP contribution in [0.15, 0.2) is 12.3 Å². The van der Waals surface area contributed by atoms with E-state index in [0.29, 0.717) is 24.4 Å². The lowest BCUT2D eigenvalue weighted by atomic mass is 10.0. The summed E-state index contributed by atoms with van der Waals surface area (Å²) < 4.78 is 4.92. The van der Waals surface area contributed by atoms with E-state index < -0.39 is 11.6 Å². The molecular weight excluding hydrogens is 248 g/mol. The van der Waals surface area contributed by atoms with Crippen molar-refractivity contribution in [3.05, 3.63) is 23.5 Å². The van der Waals surface area contributed by atoms with Gasteiger partial charge in [-0.1, -0.05) is 0 Å². The molecule has 1 aromatic rings. The maximum absolute atomic E-state index is 11.1. The van der Waals surface area contributed by atoms with E-state index in [1.165, 1.54) is 6.20 Å². The number of carbonyl (C=O) groups is 1. The molecule has 0 radical (unpaired) electrons. The van der Waals surface area contributed by atoms with Crippen molar-refractivity contribution in [3.63, 3.8) is 0 Å². The summed E-state index contributed by atoms with van der Waals surface area (Å²) in [7, 11) is 1.57. The number of aryl methyl sites for hydroxylation is 1. The minimum absolute atomic E-state index is 0.0909. The monoisotopic (exact) mass is 268 g/mol. The zero-order chi connectivity index (χ0) is 14.5. The average Bonchev–Trinajstić information content (AvgIpc) is 2.34. The molecule has 0 fully saturated rings. The highest BCUT2D eigenvalue weighted by Gasteiger charge is 2.21. The molecule has 106 valence electrons. The van der Waals surface area contributed by atoms with E-state index in [2.05, 4.69) is 10.3 Å². The number of aromatic carboxylic acids is 1. The molecule has 6 nitrogen and oxygen atoms in total. The number of methoxy groups -OCH3 is 1. The van der Waals surface area contributed by atoms with Gasteiger partial charge in [0.05, 0.1) is 11.3 Å². The van der Waals surface area contributed by atoms with Gasteiger partial charge in [0.25, 0.3) is 0 Å². The van der Waals surface area contributed by atoms with Crippen molar-refractivity contribution in [3.8, 4) is 0 Å². The molecule has 0 aliphatic heterocycles. The number of nitrogens with one attached hydrogen (secondary N) is 1. The molecule has 0 aromatic carbocycles. The van der Waals surface area contributed by atoms with Crippen LogP contribution in [0.25, 0.3) is 0 Å². The lowest BCUT2D eigenvalue weighted by Crippen LogP contribution is -2.35. The quantitative estimate of drug-likeness (QED) is 0.690. The predicted molar refractivity (Wildman–Crippen MR) is 71.5 cm³/mol. The van der Waals surface area contributed by atoms with E-state index >= 15 is 0 Å². The first-order valence-electron chi connectivity index (χ1n) is 6.01. The summed E-state index contributed by atoms with van der Waals surface area (Å²) in [6.45, 7) is 4.13. The van der Waals surface area contributed by atoms with Crippen LogP contribution in [-0.4, -0.2) is 47.0 Å². The lowest BCUT2D eigenvalue weighted by molar-refractivity contribution is 0.0356. The second-order valence-electron chi connectivity index (χ2n) is 4.77. The Labute approximate surface area is 112 Å². The van der Waals surface area contributed by atoms with Crippen molar-refractivity contribution < 1.29 is 19.7 Å². The molecule has 1 heterocycles. The van der Waals surface area contributed by atoms with Crippen LogP contribution in [0, 0.1) is 6.92 Å². The van der Waals surface area contributed by atoms with Crippen LogP contribution in [0.1, 0.15) is 29.4 Å². The molecule has 0 aliphatic rings. The largest absolute Gasteiger partial charge is 0.478 e. The summed E-state index contributed by atoms with van der Waals surface area (Å²) in [5, 5.41) is 22.1. The van der Waals surface area contributed by atoms with Gasteiger partial charge in [-0.25, -0.2) is 4.79 Å². The zero-order valence-corrected chi connectivity index (χ0v) is 11.4. The smallest absolute Gasteiger partial charge is 0.339 e. The molecular formula is C13H20N2O4. The van der Waals surface area contributed by atoms with Crippen LogP contribution < -0.4 is 5.32 Å². The Morgan fingerprint density at radius 3 is 2.84 bits per heavy atom. The van der Waals surface area contributed by atoms with Gasteiger partial charge in [-0.3, -0.25) is 4.98 Å². The van der Waals surface area contributed by atoms with Crippen molar-refractivity contribution in [1.82, 2.24) is 4.98 Å². The molecule has 0 saturated carbocycles. The number of ether oxygens (including phenoxy) is 1. The fourth-order valence-electron chi connectivity index (χ4n) is 1.57. The van der Waals surface area contributed by atoms with Crippen molar-refractivity contribution >= 4 is 11.7 Å². The van der Waals surface area contributed by atoms with E-state index in [1.807, 2.05) is 0 Å². The first-order chi connectivity index (χ1) is 8.85. The summed E-state index contributed by atoms with van der Waals surface area (Å²) in [4.78, 5) is 15.0. The topological polar surface area (TPSA) is 91.7 Å². The van der Waals surface area contributed by atoms with Gasteiger partial charge >= 0.3 is 5.97 Å². The fourth-order valence-corrected chi connectivity index (χ4v) is 1.57. The summed E-state index contributed by atoms with van der Waals surface area (Å²) in [5.74, 6) is -1.05. The molecule has 0 saturated heterocycles. The maximum atomic E-state index is 11.1. The van der Waals surface area contributed by atoms with Gasteiger partial charge in [-0.15, -0.1) is 0 Å². The minimum Gasteiger partial charge on any atom is -0.478 e. The highest BCUT2D eigenvalue weighted by Crippen LogP contribution is 2.18. The third kappa shape index (κ3) is 4.84. The third-order valence-electron chi connectivity index (χ3n) is 2.78. The predicted octanol–water partition coefficient (Wildman–Crippen LogP) is 1.29. The van der Waals surface area contributed by atoms with Crippen LogP contribution >= 0.6 is 0 Å². The number of hydrogen-bond acceptors (Lipinski definition) is 5. The Kier molecular flexibility index (Phi) is 5.26. The second kappa shape index (κ2) is 6.49. The number of aromatic nitrogens is 1. The lowest BCUT2D eigenvalue weighted by Gasteiger charge is -2.24. The fraction of sp³-hybridized carbons (Fsp3) is 0.538. The molecule has 0 aliphatic carbocycles. The van der Waals surface area contributed by atoms with Crippen molar-refractivity contribution in [2.45, 2.75) is 25.9 Å². The highest BCUT2D eigenvalue weighted by molar-refractivity contribution is 5.93. The first-order valence-corrected chi connectivity index (χ1v) is 6.01. The first kappa shape index (κ1) is 15.4. The normalized spacial score (nSPS) is 13.9. The molecule has 0 spiro atoms. The molecule has 1 rings (SSSR count). The van der Waals surface area contributed by atoms with Crippen molar-refractivity contribution in [2.75, 3.05) is 25.6 Å². The molecule has 6 heteroatoms. The standard InChI is InChI=1S/C13H20N2O4/c1-9-6-11(10(7-14-9)12(16)17)15-8-13(2,18)4-5-19-3/h6-7,18H,4-5,8H2,1-3H3,(H,14,15)(H,16,17). The maximum Gasteiger partial charge on any atom is 0.339 e. The summed E-state index contributed by atoms with van der Waals surface area (Å²) >= 11 is 0. The second-order valence-corrected chi connectivity index (χ2v) is 4.77. The number of nitrogens with zero attached hydrogens (tertiary/aromatic N) is 1. The number of carboxylic acids is 1. The Morgan fingerprint density at radius 1 is 1.58 bits per heavy atom. The van der Waals surface area contributed by atoms with Crippen LogP contribution in [-0.2, 0) is 4.74 Å². The molecule has 1 atom stereocenters. The van der Waals surface area contributed by atoms with E-state index in [4.69, 9.17) is 9.84 Å². The third-order valence-corrected chi connectivity index (χ3v) is 2.78. The van der Waals surface area contributed by atoms with Crippen LogP contribution in [0.2, 0.25) is 0 Å². The van der Waals surface area contributed by atoms with Gasteiger partial charge in [0.2, 0.25) is 0 Å². The number of pyridine rings is 1. The van der Waals surface area contributed by atoms with Crippen molar-refractivity contribution in [1.29, 1.82) is 0 Å². The van der Waals surface area contributed by atoms with Crippen LogP contribution in [0.3, 0.4) is 0 Å². The Morgan fingerprint density at radius 2 is 2.26 bits per heavy atom. The van der Waals surface area contributed by atoms with Gasteiger partial charge in [-0.05, 0) is 19.9 Å². The number of anilines is 1. The van der Waals surface area contributed by atoms with Gasteiger partial charge < -0.3 is 20.3 Å². The molecule has 19 heavy (non-hydrogen) atoms. The van der Waals surface area contributed by atoms with Crippen molar-refractivity contribution in [2.24, 2.45) is 0 Å². The van der Waals surface area contributed by atoms with Gasteiger partial charge in [0.15, 0.2) is 0 Å². The van der Waals surface area contributed by atoms with Gasteiger partial charge in [0.1, 0.15) is 5.56 Å². The molecule has 1 aromatic heterocycles. The highest BCUT2D eigenvalue weighted by atomic mass is 16.5. The minimum atomic E-state index is -1.05. The summed E-state index contributed by atoms with van der Waals surface area (Å²) in [6, 6.07) is 1.65. The number of aliphatic hydroxyl groups is 1. The Hall–Kier alpha value is -1.66. The number of hydrogen-bond donors (Lipinski definition) is 3. The molecule has 0 amide bonds. The summed E-state index contributed by atoms with van der Waals surface area (Å²) in [6.07, 6.45) is 1.77. The summed E-state index contributed by atoms with van der Waals surface area (Å²) in [5.41, 5.74) is 0.290. The molecule has 0 bridgehead atoms. The number of rotatable bonds is 7. The van der Waals surface area contributed by atoms with Crippen LogP contribution in [0.4, 0.5) is 5.69 Å². The van der Waals surface area contributed by atoms with E-state index in [-0.39, 0.29) is 12.1 Å². The van der Waals surface area contributed by atoms with Gasteiger partial charge in [-0.2, -0.15) is 0 Å². The average molecular weight is 268 g/mol. The Balaban J connectivity index is 2.76. The van der Waals surface area contributed by atoms with E-state index in [9.17, 15) is 9.90 Å². The van der Waals surface area contributed by atoms with Crippen LogP contribution in [0.5, 0.6) is 0 Å². The molecule has 3 N–H and O–H groups in total.